The van der Waals surface area contributed by atoms with Crippen molar-refractivity contribution >= 4 is 5.91 Å². The van der Waals surface area contributed by atoms with E-state index >= 15 is 0 Å². The third-order valence-electron chi connectivity index (χ3n) is 5.44. The van der Waals surface area contributed by atoms with Crippen LogP contribution in [0.2, 0.25) is 0 Å². The molecule has 1 amide bonds. The van der Waals surface area contributed by atoms with Gasteiger partial charge < -0.3 is 18.9 Å². The van der Waals surface area contributed by atoms with E-state index in [0.29, 0.717) is 50.9 Å². The van der Waals surface area contributed by atoms with Crippen molar-refractivity contribution in [2.24, 2.45) is 0 Å². The molecule has 0 bridgehead atoms. The number of rotatable bonds is 10. The summed E-state index contributed by atoms with van der Waals surface area (Å²) in [4.78, 5) is 18.7. The molecule has 31 heavy (non-hydrogen) atoms. The Morgan fingerprint density at radius 2 is 1.84 bits per heavy atom. The van der Waals surface area contributed by atoms with Crippen molar-refractivity contribution in [3.8, 4) is 5.75 Å². The lowest BCUT2D eigenvalue weighted by molar-refractivity contribution is -0.135. The van der Waals surface area contributed by atoms with Crippen molar-refractivity contribution in [1.82, 2.24) is 15.0 Å². The van der Waals surface area contributed by atoms with Crippen molar-refractivity contribution < 1.29 is 18.8 Å². The standard InChI is InChI=1S/C24H27N3O4/c1-29-21-10-7-18(8-11-21)9-12-23(28)27-15-20(16-27)24-25-22(26-31-24)13-14-30-17-19-5-3-2-4-6-19/h2-8,10-11,20H,9,12-17H2,1H3. The number of benzene rings is 2. The molecule has 3 aromatic rings. The molecule has 0 spiro atoms. The molecule has 1 aliphatic heterocycles. The fraction of sp³-hybridized carbons (Fsp3) is 0.375. The van der Waals surface area contributed by atoms with E-state index in [1.165, 1.54) is 0 Å². The number of hydrogen-bond acceptors (Lipinski definition) is 6. The molecule has 0 saturated carbocycles. The zero-order chi connectivity index (χ0) is 21.5. The Bertz CT molecular complexity index is 966. The van der Waals surface area contributed by atoms with Crippen LogP contribution >= 0.6 is 0 Å². The first-order valence-corrected chi connectivity index (χ1v) is 10.6. The number of aromatic nitrogens is 2. The number of nitrogens with zero attached hydrogens (tertiary/aromatic N) is 3. The quantitative estimate of drug-likeness (QED) is 0.467. The maximum absolute atomic E-state index is 12.4. The highest BCUT2D eigenvalue weighted by molar-refractivity contribution is 5.77. The van der Waals surface area contributed by atoms with E-state index in [4.69, 9.17) is 14.0 Å². The summed E-state index contributed by atoms with van der Waals surface area (Å²) >= 11 is 0. The Kier molecular flexibility index (Phi) is 6.94. The molecule has 0 radical (unpaired) electrons. The SMILES string of the molecule is COc1ccc(CCC(=O)N2CC(c3nc(CCOCc4ccccc4)no3)C2)cc1. The minimum absolute atomic E-state index is 0.122. The van der Waals surface area contributed by atoms with Crippen LogP contribution in [0.25, 0.3) is 0 Å². The third kappa shape index (κ3) is 5.70. The molecule has 1 saturated heterocycles. The summed E-state index contributed by atoms with van der Waals surface area (Å²) in [5.41, 5.74) is 2.27. The van der Waals surface area contributed by atoms with Crippen LogP contribution in [0.5, 0.6) is 5.75 Å². The predicted molar refractivity (Wildman–Crippen MR) is 115 cm³/mol. The van der Waals surface area contributed by atoms with Gasteiger partial charge in [-0.25, -0.2) is 0 Å². The van der Waals surface area contributed by atoms with E-state index < -0.39 is 0 Å². The molecule has 7 heteroatoms. The Balaban J connectivity index is 1.15. The van der Waals surface area contributed by atoms with Crippen molar-refractivity contribution in [3.05, 3.63) is 77.4 Å². The van der Waals surface area contributed by atoms with E-state index in [-0.39, 0.29) is 11.8 Å². The summed E-state index contributed by atoms with van der Waals surface area (Å²) < 4.78 is 16.2. The number of likely N-dealkylation sites (tertiary alicyclic amines) is 1. The van der Waals surface area contributed by atoms with Crippen molar-refractivity contribution in [3.63, 3.8) is 0 Å². The summed E-state index contributed by atoms with van der Waals surface area (Å²) in [5.74, 6) is 2.35. The molecule has 162 valence electrons. The predicted octanol–water partition coefficient (Wildman–Crippen LogP) is 3.40. The Morgan fingerprint density at radius 3 is 2.58 bits per heavy atom. The van der Waals surface area contributed by atoms with Gasteiger partial charge in [-0.2, -0.15) is 4.98 Å². The normalized spacial score (nSPS) is 13.8. The summed E-state index contributed by atoms with van der Waals surface area (Å²) in [7, 11) is 1.64. The topological polar surface area (TPSA) is 77.7 Å². The zero-order valence-corrected chi connectivity index (χ0v) is 17.7. The highest BCUT2D eigenvalue weighted by Crippen LogP contribution is 2.26. The first-order valence-electron chi connectivity index (χ1n) is 10.6. The van der Waals surface area contributed by atoms with Crippen molar-refractivity contribution in [2.45, 2.75) is 31.8 Å². The van der Waals surface area contributed by atoms with Crippen LogP contribution in [0.3, 0.4) is 0 Å². The second kappa shape index (κ2) is 10.2. The first kappa shape index (κ1) is 21.1. The highest BCUT2D eigenvalue weighted by atomic mass is 16.5. The summed E-state index contributed by atoms with van der Waals surface area (Å²) in [6.07, 6.45) is 1.82. The number of aryl methyl sites for hydroxylation is 1. The van der Waals surface area contributed by atoms with Crippen LogP contribution in [0, 0.1) is 0 Å². The van der Waals surface area contributed by atoms with Gasteiger partial charge in [-0.3, -0.25) is 4.79 Å². The van der Waals surface area contributed by atoms with Gasteiger partial charge in [-0.05, 0) is 29.7 Å². The Hall–Kier alpha value is -3.19. The van der Waals surface area contributed by atoms with Crippen LogP contribution in [0.15, 0.2) is 59.1 Å². The molecule has 0 N–H and O–H groups in total. The number of carbonyl (C=O) groups excluding carboxylic acids is 1. The maximum atomic E-state index is 12.4. The largest absolute Gasteiger partial charge is 0.497 e. The monoisotopic (exact) mass is 421 g/mol. The second-order valence-corrected chi connectivity index (χ2v) is 7.68. The van der Waals surface area contributed by atoms with Gasteiger partial charge in [0.25, 0.3) is 0 Å². The van der Waals surface area contributed by atoms with Crippen LogP contribution in [0.4, 0.5) is 0 Å². The Morgan fingerprint density at radius 1 is 1.06 bits per heavy atom. The third-order valence-corrected chi connectivity index (χ3v) is 5.44. The first-order chi connectivity index (χ1) is 15.2. The molecule has 0 unspecified atom stereocenters. The van der Waals surface area contributed by atoms with Gasteiger partial charge in [0.05, 0.1) is 26.2 Å². The van der Waals surface area contributed by atoms with E-state index in [1.807, 2.05) is 59.5 Å². The highest BCUT2D eigenvalue weighted by Gasteiger charge is 2.35. The van der Waals surface area contributed by atoms with Crippen LogP contribution in [-0.4, -0.2) is 47.8 Å². The lowest BCUT2D eigenvalue weighted by atomic mass is 9.99. The summed E-state index contributed by atoms with van der Waals surface area (Å²) in [6, 6.07) is 17.9. The van der Waals surface area contributed by atoms with Crippen molar-refractivity contribution in [2.75, 3.05) is 26.8 Å². The Labute approximate surface area is 182 Å². The molecule has 1 fully saturated rings. The second-order valence-electron chi connectivity index (χ2n) is 7.68. The molecule has 2 aromatic carbocycles. The van der Waals surface area contributed by atoms with Gasteiger partial charge in [-0.1, -0.05) is 47.6 Å². The molecule has 4 rings (SSSR count). The fourth-order valence-electron chi connectivity index (χ4n) is 3.50. The van der Waals surface area contributed by atoms with Crippen LogP contribution < -0.4 is 4.74 Å². The van der Waals surface area contributed by atoms with Crippen LogP contribution in [-0.2, 0) is 29.0 Å². The van der Waals surface area contributed by atoms with Crippen molar-refractivity contribution in [1.29, 1.82) is 0 Å². The molecule has 7 nitrogen and oxygen atoms in total. The van der Waals surface area contributed by atoms with E-state index in [1.54, 1.807) is 7.11 Å². The number of ether oxygens (including phenoxy) is 2. The minimum Gasteiger partial charge on any atom is -0.497 e. The number of methoxy groups -OCH3 is 1. The molecule has 1 aliphatic rings. The summed E-state index contributed by atoms with van der Waals surface area (Å²) in [5, 5.41) is 4.04. The lowest BCUT2D eigenvalue weighted by Gasteiger charge is -2.37. The molecular weight excluding hydrogens is 394 g/mol. The van der Waals surface area contributed by atoms with E-state index in [9.17, 15) is 4.79 Å². The minimum atomic E-state index is 0.122. The van der Waals surface area contributed by atoms with Gasteiger partial charge in [-0.15, -0.1) is 0 Å². The van der Waals surface area contributed by atoms with Gasteiger partial charge >= 0.3 is 0 Å². The van der Waals surface area contributed by atoms with Crippen LogP contribution in [0.1, 0.15) is 35.2 Å². The van der Waals surface area contributed by atoms with Gasteiger partial charge in [0, 0.05) is 25.9 Å². The molecule has 2 heterocycles. The lowest BCUT2D eigenvalue weighted by Crippen LogP contribution is -2.48. The molecule has 0 atom stereocenters. The zero-order valence-electron chi connectivity index (χ0n) is 17.7. The van der Waals surface area contributed by atoms with E-state index in [0.717, 1.165) is 23.3 Å². The maximum Gasteiger partial charge on any atom is 0.233 e. The van der Waals surface area contributed by atoms with E-state index in [2.05, 4.69) is 10.1 Å². The average Bonchev–Trinajstić information content (AvgIpc) is 3.23. The van der Waals surface area contributed by atoms with Gasteiger partial charge in [0.2, 0.25) is 11.8 Å². The number of carbonyl (C=O) groups is 1. The molecule has 1 aromatic heterocycles. The molecule has 0 aliphatic carbocycles. The fourth-order valence-corrected chi connectivity index (χ4v) is 3.50. The molecular formula is C24H27N3O4. The van der Waals surface area contributed by atoms with Gasteiger partial charge in [0.15, 0.2) is 5.82 Å². The average molecular weight is 421 g/mol. The number of hydrogen-bond donors (Lipinski definition) is 0. The van der Waals surface area contributed by atoms with Gasteiger partial charge in [0.1, 0.15) is 5.75 Å². The smallest absolute Gasteiger partial charge is 0.233 e. The summed E-state index contributed by atoms with van der Waals surface area (Å²) in [6.45, 7) is 2.37. The number of amides is 1.